The number of hydrogen-bond acceptors (Lipinski definition) is 5. The molecule has 53 heavy (non-hydrogen) atoms. The number of Topliss-reactive ketones (excluding diaryl/α,β-unsaturated/α-hetero) is 2. The van der Waals surface area contributed by atoms with Gasteiger partial charge in [-0.25, -0.2) is 0 Å². The number of hydrogen-bond donors (Lipinski definition) is 0. The van der Waals surface area contributed by atoms with Gasteiger partial charge in [0, 0.05) is 33.4 Å². The van der Waals surface area contributed by atoms with Crippen molar-refractivity contribution >= 4 is 33.9 Å². The molecule has 0 radical (unpaired) electrons. The van der Waals surface area contributed by atoms with Gasteiger partial charge in [0.2, 0.25) is 0 Å². The van der Waals surface area contributed by atoms with Crippen LogP contribution >= 0.6 is 0 Å². The number of carbonyl (C=O) groups is 4. The van der Waals surface area contributed by atoms with Crippen LogP contribution in [0.4, 0.5) is 0 Å². The largest absolute Gasteiger partial charge is 0.348 e. The number of ether oxygens (including phenoxy) is 1. The fourth-order valence-corrected chi connectivity index (χ4v) is 9.20. The van der Waals surface area contributed by atoms with Crippen molar-refractivity contribution in [2.45, 2.75) is 11.2 Å². The lowest BCUT2D eigenvalue weighted by molar-refractivity contribution is -0.0529. The summed E-state index contributed by atoms with van der Waals surface area (Å²) in [6, 6.07) is 51.9. The SMILES string of the molecule is O=C(c1ccccc1)c1cc2cc3c(cc2cc1C(=O)c1ccccc1)[C@]1(c2ccccc2)O[C@@]3(c2ccccc2)[C@@H]2C(=O)c3ccccc3C(=O)[C@@H]21. The molecule has 2 bridgehead atoms. The van der Waals surface area contributed by atoms with Crippen molar-refractivity contribution in [2.75, 3.05) is 0 Å². The highest BCUT2D eigenvalue weighted by Gasteiger charge is 2.75. The number of benzene rings is 7. The summed E-state index contributed by atoms with van der Waals surface area (Å²) in [5.74, 6) is -2.53. The number of carbonyl (C=O) groups excluding carboxylic acids is 4. The van der Waals surface area contributed by atoms with Gasteiger partial charge in [-0.05, 0) is 57.3 Å². The van der Waals surface area contributed by atoms with Crippen LogP contribution in [0.1, 0.15) is 74.8 Å². The Kier molecular flexibility index (Phi) is 6.75. The quantitative estimate of drug-likeness (QED) is 0.163. The lowest BCUT2D eigenvalue weighted by Gasteiger charge is -2.42. The van der Waals surface area contributed by atoms with Gasteiger partial charge >= 0.3 is 0 Å². The van der Waals surface area contributed by atoms with Crippen molar-refractivity contribution in [1.82, 2.24) is 0 Å². The van der Waals surface area contributed by atoms with E-state index < -0.39 is 23.0 Å². The van der Waals surface area contributed by atoms with E-state index in [9.17, 15) is 19.2 Å². The molecule has 252 valence electrons. The first kappa shape index (κ1) is 31.2. The van der Waals surface area contributed by atoms with E-state index in [4.69, 9.17) is 4.74 Å². The number of rotatable bonds is 6. The van der Waals surface area contributed by atoms with Crippen molar-refractivity contribution < 1.29 is 23.9 Å². The zero-order valence-corrected chi connectivity index (χ0v) is 28.4. The van der Waals surface area contributed by atoms with E-state index in [-0.39, 0.29) is 34.3 Å². The smallest absolute Gasteiger partial charge is 0.193 e. The first-order valence-corrected chi connectivity index (χ1v) is 17.7. The van der Waals surface area contributed by atoms with Gasteiger partial charge in [-0.15, -0.1) is 0 Å². The van der Waals surface area contributed by atoms with Crippen LogP contribution in [0.15, 0.2) is 170 Å². The van der Waals surface area contributed by atoms with Gasteiger partial charge < -0.3 is 4.74 Å². The Bertz CT molecular complexity index is 2480. The molecular formula is C48H30O5. The summed E-state index contributed by atoms with van der Waals surface area (Å²) in [6.07, 6.45) is 0. The zero-order valence-electron chi connectivity index (χ0n) is 28.4. The van der Waals surface area contributed by atoms with E-state index in [2.05, 4.69) is 0 Å². The van der Waals surface area contributed by atoms with Crippen LogP contribution in [0, 0.1) is 11.8 Å². The van der Waals surface area contributed by atoms with Gasteiger partial charge in [0.1, 0.15) is 11.2 Å². The maximum Gasteiger partial charge on any atom is 0.193 e. The van der Waals surface area contributed by atoms with Crippen LogP contribution in [-0.4, -0.2) is 23.1 Å². The van der Waals surface area contributed by atoms with E-state index in [1.807, 2.05) is 84.9 Å². The van der Waals surface area contributed by atoms with Crippen LogP contribution in [0.25, 0.3) is 10.8 Å². The average molecular weight is 687 g/mol. The molecule has 0 amide bonds. The molecule has 1 aliphatic carbocycles. The van der Waals surface area contributed by atoms with Crippen LogP contribution in [0.2, 0.25) is 0 Å². The predicted octanol–water partition coefficient (Wildman–Crippen LogP) is 9.14. The maximum atomic E-state index is 14.9. The molecule has 4 atom stereocenters. The lowest BCUT2D eigenvalue weighted by atomic mass is 9.54. The monoisotopic (exact) mass is 686 g/mol. The lowest BCUT2D eigenvalue weighted by Crippen LogP contribution is -2.50. The van der Waals surface area contributed by atoms with Gasteiger partial charge in [0.25, 0.3) is 0 Å². The highest BCUT2D eigenvalue weighted by atomic mass is 16.5. The van der Waals surface area contributed by atoms with E-state index in [1.165, 1.54) is 0 Å². The zero-order chi connectivity index (χ0) is 35.9. The molecular weight excluding hydrogens is 657 g/mol. The summed E-state index contributed by atoms with van der Waals surface area (Å²) in [5, 5.41) is 1.43. The first-order chi connectivity index (χ1) is 25.9. The minimum atomic E-state index is -1.33. The highest BCUT2D eigenvalue weighted by Crippen LogP contribution is 2.70. The Morgan fingerprint density at radius 1 is 0.434 bits per heavy atom. The first-order valence-electron chi connectivity index (χ1n) is 17.7. The topological polar surface area (TPSA) is 77.5 Å². The minimum absolute atomic E-state index is 0.138. The van der Waals surface area contributed by atoms with Gasteiger partial charge in [-0.3, -0.25) is 19.2 Å². The second kappa shape index (κ2) is 11.5. The van der Waals surface area contributed by atoms with Crippen LogP contribution < -0.4 is 0 Å². The average Bonchev–Trinajstić information content (AvgIpc) is 3.72. The molecule has 2 aliphatic heterocycles. The fourth-order valence-electron chi connectivity index (χ4n) is 9.20. The van der Waals surface area contributed by atoms with Gasteiger partial charge in [0.15, 0.2) is 23.1 Å². The van der Waals surface area contributed by atoms with E-state index >= 15 is 0 Å². The van der Waals surface area contributed by atoms with Crippen LogP contribution in [-0.2, 0) is 15.9 Å². The molecule has 0 N–H and O–H groups in total. The molecule has 0 aromatic heterocycles. The highest BCUT2D eigenvalue weighted by molar-refractivity contribution is 6.22. The van der Waals surface area contributed by atoms with E-state index in [0.29, 0.717) is 33.0 Å². The normalized spacial score (nSPS) is 22.3. The van der Waals surface area contributed by atoms with Gasteiger partial charge in [-0.1, -0.05) is 146 Å². The molecule has 1 fully saturated rings. The Hall–Kier alpha value is -6.56. The van der Waals surface area contributed by atoms with E-state index in [1.54, 1.807) is 84.9 Å². The molecule has 2 heterocycles. The standard InChI is InChI=1S/C48H30O5/c49-43(29-15-5-1-6-16-29)37-25-31-27-39-40(28-32(31)26-38(37)44(50)30-17-7-2-8-18-30)48(34-21-11-4-12-22-34)42-41(47(39,53-48)33-19-9-3-10-20-33)45(51)35-23-13-14-24-36(35)46(42)52/h1-28,41-42H/t41-,42+,47+,48-. The molecule has 3 aliphatic rings. The van der Waals surface area contributed by atoms with Gasteiger partial charge in [0.05, 0.1) is 11.8 Å². The second-order valence-corrected chi connectivity index (χ2v) is 14.1. The molecule has 7 aromatic rings. The summed E-state index contributed by atoms with van der Waals surface area (Å²) in [5.41, 5.74) is 2.71. The molecule has 0 unspecified atom stereocenters. The van der Waals surface area contributed by atoms with Crippen molar-refractivity contribution in [1.29, 1.82) is 0 Å². The van der Waals surface area contributed by atoms with Crippen molar-refractivity contribution in [2.24, 2.45) is 11.8 Å². The minimum Gasteiger partial charge on any atom is -0.348 e. The molecule has 5 nitrogen and oxygen atoms in total. The second-order valence-electron chi connectivity index (χ2n) is 14.1. The molecule has 0 saturated carbocycles. The molecule has 5 heteroatoms. The van der Waals surface area contributed by atoms with Crippen LogP contribution in [0.5, 0.6) is 0 Å². The third-order valence-corrected chi connectivity index (χ3v) is 11.4. The van der Waals surface area contributed by atoms with Crippen LogP contribution in [0.3, 0.4) is 0 Å². The summed E-state index contributed by atoms with van der Waals surface area (Å²) < 4.78 is 7.50. The van der Waals surface area contributed by atoms with E-state index in [0.717, 1.165) is 22.3 Å². The Labute approximate surface area is 305 Å². The summed E-state index contributed by atoms with van der Waals surface area (Å²) in [7, 11) is 0. The Morgan fingerprint density at radius 3 is 1.15 bits per heavy atom. The third-order valence-electron chi connectivity index (χ3n) is 11.4. The van der Waals surface area contributed by atoms with Crippen molar-refractivity contribution in [3.05, 3.63) is 225 Å². The van der Waals surface area contributed by atoms with Gasteiger partial charge in [-0.2, -0.15) is 0 Å². The number of fused-ring (bicyclic) bond motifs is 10. The fraction of sp³-hybridized carbons (Fsp3) is 0.0833. The maximum absolute atomic E-state index is 14.9. The van der Waals surface area contributed by atoms with Crippen molar-refractivity contribution in [3.8, 4) is 0 Å². The Morgan fingerprint density at radius 2 is 0.774 bits per heavy atom. The molecule has 0 spiro atoms. The third kappa shape index (κ3) is 4.23. The molecule has 10 rings (SSSR count). The summed E-state index contributed by atoms with van der Waals surface area (Å²) >= 11 is 0. The summed E-state index contributed by atoms with van der Waals surface area (Å²) in [4.78, 5) is 58.3. The Balaban J connectivity index is 1.30. The number of ketones is 4. The molecule has 7 aromatic carbocycles. The summed E-state index contributed by atoms with van der Waals surface area (Å²) in [6.45, 7) is 0. The predicted molar refractivity (Wildman–Crippen MR) is 201 cm³/mol. The molecule has 1 saturated heterocycles. The van der Waals surface area contributed by atoms with Crippen molar-refractivity contribution in [3.63, 3.8) is 0 Å².